The molecule has 0 aliphatic heterocycles. The van der Waals surface area contributed by atoms with Crippen LogP contribution in [-0.2, 0) is 5.75 Å². The van der Waals surface area contributed by atoms with Gasteiger partial charge < -0.3 is 4.42 Å². The number of nitrogens with zero attached hydrogens (tertiary/aromatic N) is 4. The maximum absolute atomic E-state index is 5.70. The van der Waals surface area contributed by atoms with Crippen LogP contribution in [0.3, 0.4) is 0 Å². The van der Waals surface area contributed by atoms with Crippen molar-refractivity contribution >= 4 is 28.1 Å². The Hall–Kier alpha value is -2.12. The third-order valence-electron chi connectivity index (χ3n) is 3.19. The normalized spacial score (nSPS) is 11.3. The fourth-order valence-electron chi connectivity index (χ4n) is 2.06. The van der Waals surface area contributed by atoms with Crippen molar-refractivity contribution in [3.8, 4) is 11.5 Å². The number of aryl methyl sites for hydroxylation is 1. The van der Waals surface area contributed by atoms with Gasteiger partial charge in [-0.1, -0.05) is 29.5 Å². The van der Waals surface area contributed by atoms with E-state index in [2.05, 4.69) is 22.1 Å². The molecule has 7 heteroatoms. The van der Waals surface area contributed by atoms with Gasteiger partial charge in [0.25, 0.3) is 5.22 Å². The van der Waals surface area contributed by atoms with Gasteiger partial charge in [0.15, 0.2) is 4.96 Å². The molecule has 0 unspecified atom stereocenters. The van der Waals surface area contributed by atoms with Crippen molar-refractivity contribution in [2.45, 2.75) is 17.9 Å². The van der Waals surface area contributed by atoms with Crippen molar-refractivity contribution < 1.29 is 4.42 Å². The van der Waals surface area contributed by atoms with Crippen LogP contribution in [0, 0.1) is 6.92 Å². The summed E-state index contributed by atoms with van der Waals surface area (Å²) in [6, 6.07) is 8.04. The number of benzene rings is 1. The first-order valence-electron chi connectivity index (χ1n) is 6.72. The van der Waals surface area contributed by atoms with Gasteiger partial charge in [0.05, 0.1) is 5.69 Å². The van der Waals surface area contributed by atoms with E-state index in [0.29, 0.717) is 16.9 Å². The Bertz CT molecular complexity index is 879. The zero-order valence-electron chi connectivity index (χ0n) is 11.8. The van der Waals surface area contributed by atoms with E-state index in [9.17, 15) is 0 Å². The van der Waals surface area contributed by atoms with E-state index in [-0.39, 0.29) is 0 Å². The molecule has 0 N–H and O–H groups in total. The number of imidazole rings is 1. The zero-order chi connectivity index (χ0) is 14.9. The minimum atomic E-state index is 0.549. The Kier molecular flexibility index (Phi) is 3.44. The predicted octanol–water partition coefficient (Wildman–Crippen LogP) is 4.05. The summed E-state index contributed by atoms with van der Waals surface area (Å²) in [5.74, 6) is 1.26. The molecule has 0 radical (unpaired) electrons. The summed E-state index contributed by atoms with van der Waals surface area (Å²) in [7, 11) is 0. The highest BCUT2D eigenvalue weighted by Gasteiger charge is 2.10. The molecule has 22 heavy (non-hydrogen) atoms. The van der Waals surface area contributed by atoms with Crippen molar-refractivity contribution in [2.75, 3.05) is 0 Å². The third kappa shape index (κ3) is 2.65. The number of aromatic nitrogens is 4. The molecule has 0 atom stereocenters. The van der Waals surface area contributed by atoms with Gasteiger partial charge in [-0.05, 0) is 19.1 Å². The fourth-order valence-corrected chi connectivity index (χ4v) is 3.43. The van der Waals surface area contributed by atoms with Crippen LogP contribution in [0.25, 0.3) is 16.4 Å². The largest absolute Gasteiger partial charge is 0.411 e. The Morgan fingerprint density at radius 3 is 2.91 bits per heavy atom. The molecule has 4 rings (SSSR count). The van der Waals surface area contributed by atoms with E-state index in [0.717, 1.165) is 16.2 Å². The molecule has 0 saturated heterocycles. The Morgan fingerprint density at radius 2 is 2.09 bits per heavy atom. The fraction of sp³-hybridized carbons (Fsp3) is 0.133. The van der Waals surface area contributed by atoms with Gasteiger partial charge in [0.1, 0.15) is 0 Å². The van der Waals surface area contributed by atoms with Crippen LogP contribution in [0.4, 0.5) is 0 Å². The number of thiazole rings is 1. The summed E-state index contributed by atoms with van der Waals surface area (Å²) in [5, 5.41) is 10.8. The second kappa shape index (κ2) is 5.58. The highest BCUT2D eigenvalue weighted by Crippen LogP contribution is 2.26. The number of thioether (sulfide) groups is 1. The molecule has 0 aliphatic rings. The van der Waals surface area contributed by atoms with Crippen molar-refractivity contribution in [1.29, 1.82) is 0 Å². The Morgan fingerprint density at radius 1 is 1.23 bits per heavy atom. The SMILES string of the molecule is Cc1ccc(-c2nnc(SCc3cn4ccsc4n3)o2)cc1. The van der Waals surface area contributed by atoms with Crippen LogP contribution >= 0.6 is 23.1 Å². The van der Waals surface area contributed by atoms with Crippen LogP contribution in [0.15, 0.2) is 51.7 Å². The van der Waals surface area contributed by atoms with Gasteiger partial charge in [0.2, 0.25) is 5.89 Å². The Labute approximate surface area is 135 Å². The quantitative estimate of drug-likeness (QED) is 0.529. The molecule has 0 spiro atoms. The third-order valence-corrected chi connectivity index (χ3v) is 4.81. The summed E-state index contributed by atoms with van der Waals surface area (Å²) < 4.78 is 7.72. The van der Waals surface area contributed by atoms with Gasteiger partial charge in [-0.25, -0.2) is 4.98 Å². The zero-order valence-corrected chi connectivity index (χ0v) is 13.4. The summed E-state index contributed by atoms with van der Waals surface area (Å²) in [4.78, 5) is 5.53. The molecular formula is C15H12N4OS2. The molecule has 0 amide bonds. The summed E-state index contributed by atoms with van der Waals surface area (Å²) in [6.45, 7) is 2.05. The smallest absolute Gasteiger partial charge is 0.277 e. The minimum absolute atomic E-state index is 0.549. The molecule has 110 valence electrons. The molecule has 4 aromatic rings. The van der Waals surface area contributed by atoms with Crippen molar-refractivity contribution in [1.82, 2.24) is 19.6 Å². The van der Waals surface area contributed by atoms with Crippen molar-refractivity contribution in [3.05, 3.63) is 53.3 Å². The second-order valence-corrected chi connectivity index (χ2v) is 6.65. The lowest BCUT2D eigenvalue weighted by Gasteiger charge is -1.95. The average molecular weight is 328 g/mol. The van der Waals surface area contributed by atoms with Crippen LogP contribution in [0.2, 0.25) is 0 Å². The number of rotatable bonds is 4. The first-order chi connectivity index (χ1) is 10.8. The van der Waals surface area contributed by atoms with Gasteiger partial charge in [-0.2, -0.15) is 0 Å². The first kappa shape index (κ1) is 13.5. The van der Waals surface area contributed by atoms with Crippen molar-refractivity contribution in [3.63, 3.8) is 0 Å². The molecular weight excluding hydrogens is 316 g/mol. The number of fused-ring (bicyclic) bond motifs is 1. The lowest BCUT2D eigenvalue weighted by molar-refractivity contribution is 0.466. The highest BCUT2D eigenvalue weighted by atomic mass is 32.2. The standard InChI is InChI=1S/C15H12N4OS2/c1-10-2-4-11(5-3-10)13-17-18-15(20-13)22-9-12-8-19-6-7-21-14(19)16-12/h2-8H,9H2,1H3. The van der Waals surface area contributed by atoms with Gasteiger partial charge in [-0.3, -0.25) is 4.40 Å². The predicted molar refractivity (Wildman–Crippen MR) is 87.1 cm³/mol. The maximum atomic E-state index is 5.70. The number of hydrogen-bond donors (Lipinski definition) is 0. The van der Waals surface area contributed by atoms with Crippen LogP contribution in [0.5, 0.6) is 0 Å². The van der Waals surface area contributed by atoms with Gasteiger partial charge in [0, 0.05) is 29.1 Å². The second-order valence-electron chi connectivity index (χ2n) is 4.85. The molecule has 3 aromatic heterocycles. The lowest BCUT2D eigenvalue weighted by Crippen LogP contribution is -1.80. The van der Waals surface area contributed by atoms with Crippen LogP contribution in [-0.4, -0.2) is 19.6 Å². The Balaban J connectivity index is 1.47. The molecule has 3 heterocycles. The molecule has 0 fully saturated rings. The lowest BCUT2D eigenvalue weighted by atomic mass is 10.1. The van der Waals surface area contributed by atoms with Gasteiger partial charge >= 0.3 is 0 Å². The molecule has 0 aliphatic carbocycles. The minimum Gasteiger partial charge on any atom is -0.411 e. The molecule has 5 nitrogen and oxygen atoms in total. The molecule has 0 bridgehead atoms. The monoisotopic (exact) mass is 328 g/mol. The summed E-state index contributed by atoms with van der Waals surface area (Å²) in [6.07, 6.45) is 4.03. The number of hydrogen-bond acceptors (Lipinski definition) is 6. The van der Waals surface area contributed by atoms with E-state index < -0.39 is 0 Å². The molecule has 1 aromatic carbocycles. The van der Waals surface area contributed by atoms with E-state index in [4.69, 9.17) is 4.42 Å². The van der Waals surface area contributed by atoms with Crippen LogP contribution < -0.4 is 0 Å². The van der Waals surface area contributed by atoms with E-state index in [1.165, 1.54) is 17.3 Å². The maximum Gasteiger partial charge on any atom is 0.277 e. The van der Waals surface area contributed by atoms with Crippen LogP contribution in [0.1, 0.15) is 11.3 Å². The molecule has 0 saturated carbocycles. The highest BCUT2D eigenvalue weighted by molar-refractivity contribution is 7.98. The topological polar surface area (TPSA) is 56.2 Å². The first-order valence-corrected chi connectivity index (χ1v) is 8.59. The summed E-state index contributed by atoms with van der Waals surface area (Å²) >= 11 is 3.12. The average Bonchev–Trinajstić information content (AvgIpc) is 3.21. The van der Waals surface area contributed by atoms with E-state index >= 15 is 0 Å². The van der Waals surface area contributed by atoms with E-state index in [1.807, 2.05) is 46.4 Å². The van der Waals surface area contributed by atoms with Crippen molar-refractivity contribution in [2.24, 2.45) is 0 Å². The summed E-state index contributed by atoms with van der Waals surface area (Å²) in [5.41, 5.74) is 3.15. The van der Waals surface area contributed by atoms with Gasteiger partial charge in [-0.15, -0.1) is 21.5 Å². The van der Waals surface area contributed by atoms with E-state index in [1.54, 1.807) is 11.3 Å².